The zero-order valence-corrected chi connectivity index (χ0v) is 13.2. The van der Waals surface area contributed by atoms with Gasteiger partial charge in [0.15, 0.2) is 6.61 Å². The van der Waals surface area contributed by atoms with Crippen LogP contribution in [0.15, 0.2) is 22.7 Å². The molecule has 2 rings (SSSR count). The van der Waals surface area contributed by atoms with E-state index in [0.717, 1.165) is 12.8 Å². The van der Waals surface area contributed by atoms with Crippen LogP contribution in [0, 0.1) is 11.7 Å². The van der Waals surface area contributed by atoms with E-state index in [1.54, 1.807) is 0 Å². The minimum absolute atomic E-state index is 0. The molecule has 1 unspecified atom stereocenters. The number of amides is 1. The fourth-order valence-corrected chi connectivity index (χ4v) is 2.17. The first-order valence-corrected chi connectivity index (χ1v) is 6.95. The van der Waals surface area contributed by atoms with Crippen LogP contribution in [0.2, 0.25) is 0 Å². The molecule has 4 nitrogen and oxygen atoms in total. The van der Waals surface area contributed by atoms with Crippen molar-refractivity contribution in [3.05, 3.63) is 28.5 Å². The lowest BCUT2D eigenvalue weighted by Crippen LogP contribution is -2.40. The summed E-state index contributed by atoms with van der Waals surface area (Å²) in [4.78, 5) is 11.6. The van der Waals surface area contributed by atoms with Gasteiger partial charge >= 0.3 is 0 Å². The molecule has 1 aliphatic carbocycles. The Bertz CT molecular complexity index is 472. The van der Waals surface area contributed by atoms with Crippen LogP contribution in [0.3, 0.4) is 0 Å². The molecule has 0 aromatic heterocycles. The Morgan fingerprint density at radius 2 is 2.25 bits per heavy atom. The summed E-state index contributed by atoms with van der Waals surface area (Å²) in [5.74, 6) is 0.391. The first-order valence-electron chi connectivity index (χ1n) is 6.16. The van der Waals surface area contributed by atoms with Crippen LogP contribution >= 0.6 is 28.3 Å². The van der Waals surface area contributed by atoms with Gasteiger partial charge in [0.25, 0.3) is 5.91 Å². The molecule has 1 fully saturated rings. The van der Waals surface area contributed by atoms with Crippen LogP contribution in [-0.4, -0.2) is 25.1 Å². The smallest absolute Gasteiger partial charge is 0.257 e. The third kappa shape index (κ3) is 5.26. The van der Waals surface area contributed by atoms with E-state index in [0.29, 0.717) is 22.7 Å². The van der Waals surface area contributed by atoms with E-state index in [9.17, 15) is 9.18 Å². The Morgan fingerprint density at radius 3 is 2.85 bits per heavy atom. The second-order valence-corrected chi connectivity index (χ2v) is 5.52. The lowest BCUT2D eigenvalue weighted by molar-refractivity contribution is -0.123. The largest absolute Gasteiger partial charge is 0.483 e. The van der Waals surface area contributed by atoms with Crippen LogP contribution in [-0.2, 0) is 4.79 Å². The van der Waals surface area contributed by atoms with Gasteiger partial charge in [-0.05, 0) is 52.9 Å². The summed E-state index contributed by atoms with van der Waals surface area (Å²) in [6.45, 7) is 0.360. The SMILES string of the molecule is Cl.NC(CNC(=O)COc1ccc(F)cc1Br)C1CC1. The quantitative estimate of drug-likeness (QED) is 0.810. The van der Waals surface area contributed by atoms with Gasteiger partial charge in [-0.1, -0.05) is 0 Å². The predicted octanol–water partition coefficient (Wildman–Crippen LogP) is 2.24. The number of carbonyl (C=O) groups excluding carboxylic acids is 1. The molecule has 1 amide bonds. The number of halogens is 3. The first kappa shape index (κ1) is 17.2. The average Bonchev–Trinajstić information content (AvgIpc) is 3.19. The molecule has 1 atom stereocenters. The van der Waals surface area contributed by atoms with E-state index in [2.05, 4.69) is 21.2 Å². The summed E-state index contributed by atoms with van der Waals surface area (Å²) in [5, 5.41) is 2.73. The molecule has 1 aromatic rings. The summed E-state index contributed by atoms with van der Waals surface area (Å²) in [7, 11) is 0. The van der Waals surface area contributed by atoms with Gasteiger partial charge in [0.2, 0.25) is 0 Å². The maximum absolute atomic E-state index is 12.9. The molecule has 1 aromatic carbocycles. The van der Waals surface area contributed by atoms with Crippen molar-refractivity contribution in [2.24, 2.45) is 11.7 Å². The third-order valence-corrected chi connectivity index (χ3v) is 3.63. The van der Waals surface area contributed by atoms with Crippen LogP contribution in [0.1, 0.15) is 12.8 Å². The maximum atomic E-state index is 12.9. The number of hydrogen-bond donors (Lipinski definition) is 2. The standard InChI is InChI=1S/C13H16BrFN2O2.ClH/c14-10-5-9(15)3-4-12(10)19-7-13(18)17-6-11(16)8-1-2-8;/h3-5,8,11H,1-2,6-7,16H2,(H,17,18);1H. The van der Waals surface area contributed by atoms with Crippen molar-refractivity contribution in [2.45, 2.75) is 18.9 Å². The van der Waals surface area contributed by atoms with Gasteiger partial charge < -0.3 is 15.8 Å². The Balaban J connectivity index is 0.00000200. The van der Waals surface area contributed by atoms with E-state index >= 15 is 0 Å². The molecule has 0 heterocycles. The van der Waals surface area contributed by atoms with Gasteiger partial charge in [-0.2, -0.15) is 0 Å². The fourth-order valence-electron chi connectivity index (χ4n) is 1.71. The van der Waals surface area contributed by atoms with Crippen LogP contribution in [0.5, 0.6) is 5.75 Å². The van der Waals surface area contributed by atoms with Crippen molar-refractivity contribution >= 4 is 34.2 Å². The van der Waals surface area contributed by atoms with E-state index in [-0.39, 0.29) is 36.8 Å². The highest BCUT2D eigenvalue weighted by Crippen LogP contribution is 2.31. The van der Waals surface area contributed by atoms with Crippen molar-refractivity contribution in [3.8, 4) is 5.75 Å². The van der Waals surface area contributed by atoms with Gasteiger partial charge in [0, 0.05) is 12.6 Å². The molecular formula is C13H17BrClFN2O2. The van der Waals surface area contributed by atoms with Crippen molar-refractivity contribution in [2.75, 3.05) is 13.2 Å². The minimum atomic E-state index is -0.362. The molecule has 0 bridgehead atoms. The van der Waals surface area contributed by atoms with E-state index in [4.69, 9.17) is 10.5 Å². The fraction of sp³-hybridized carbons (Fsp3) is 0.462. The van der Waals surface area contributed by atoms with Crippen molar-refractivity contribution in [1.82, 2.24) is 5.32 Å². The van der Waals surface area contributed by atoms with E-state index in [1.165, 1.54) is 18.2 Å². The molecule has 0 saturated heterocycles. The molecular weight excluding hydrogens is 351 g/mol. The van der Waals surface area contributed by atoms with Crippen molar-refractivity contribution in [1.29, 1.82) is 0 Å². The number of rotatable bonds is 6. The average molecular weight is 368 g/mol. The van der Waals surface area contributed by atoms with Gasteiger partial charge in [-0.15, -0.1) is 12.4 Å². The van der Waals surface area contributed by atoms with E-state index in [1.807, 2.05) is 0 Å². The molecule has 112 valence electrons. The lowest BCUT2D eigenvalue weighted by atomic mass is 10.2. The number of benzene rings is 1. The normalized spacial score (nSPS) is 15.2. The summed E-state index contributed by atoms with van der Waals surface area (Å²) in [5.41, 5.74) is 5.87. The Labute approximate surface area is 131 Å². The summed E-state index contributed by atoms with van der Waals surface area (Å²) in [6.07, 6.45) is 2.30. The molecule has 1 saturated carbocycles. The highest BCUT2D eigenvalue weighted by molar-refractivity contribution is 9.10. The highest BCUT2D eigenvalue weighted by Gasteiger charge is 2.28. The molecule has 0 aliphatic heterocycles. The van der Waals surface area contributed by atoms with Crippen LogP contribution in [0.4, 0.5) is 4.39 Å². The second kappa shape index (κ2) is 7.81. The Morgan fingerprint density at radius 1 is 1.55 bits per heavy atom. The second-order valence-electron chi connectivity index (χ2n) is 4.67. The zero-order valence-electron chi connectivity index (χ0n) is 10.8. The van der Waals surface area contributed by atoms with Crippen LogP contribution in [0.25, 0.3) is 0 Å². The lowest BCUT2D eigenvalue weighted by Gasteiger charge is -2.12. The Hall–Kier alpha value is -0.850. The minimum Gasteiger partial charge on any atom is -0.483 e. The van der Waals surface area contributed by atoms with Gasteiger partial charge in [-0.3, -0.25) is 4.79 Å². The number of nitrogens with two attached hydrogens (primary N) is 1. The number of carbonyl (C=O) groups is 1. The zero-order chi connectivity index (χ0) is 13.8. The van der Waals surface area contributed by atoms with Gasteiger partial charge in [-0.25, -0.2) is 4.39 Å². The molecule has 0 spiro atoms. The first-order chi connectivity index (χ1) is 9.06. The van der Waals surface area contributed by atoms with Crippen LogP contribution < -0.4 is 15.8 Å². The summed E-state index contributed by atoms with van der Waals surface area (Å²) < 4.78 is 18.6. The maximum Gasteiger partial charge on any atom is 0.257 e. The Kier molecular flexibility index (Phi) is 6.71. The third-order valence-electron chi connectivity index (χ3n) is 3.02. The van der Waals surface area contributed by atoms with Gasteiger partial charge in [0.1, 0.15) is 11.6 Å². The number of nitrogens with one attached hydrogen (secondary N) is 1. The number of hydrogen-bond acceptors (Lipinski definition) is 3. The summed E-state index contributed by atoms with van der Waals surface area (Å²) >= 11 is 3.17. The monoisotopic (exact) mass is 366 g/mol. The van der Waals surface area contributed by atoms with Crippen molar-refractivity contribution < 1.29 is 13.9 Å². The molecule has 0 radical (unpaired) electrons. The highest BCUT2D eigenvalue weighted by atomic mass is 79.9. The topological polar surface area (TPSA) is 64.3 Å². The van der Waals surface area contributed by atoms with Gasteiger partial charge in [0.05, 0.1) is 4.47 Å². The summed E-state index contributed by atoms with van der Waals surface area (Å²) in [6, 6.07) is 4.07. The predicted molar refractivity (Wildman–Crippen MR) is 80.6 cm³/mol. The molecule has 20 heavy (non-hydrogen) atoms. The molecule has 1 aliphatic rings. The van der Waals surface area contributed by atoms with E-state index < -0.39 is 0 Å². The molecule has 7 heteroatoms. The number of ether oxygens (including phenoxy) is 1. The van der Waals surface area contributed by atoms with Crippen molar-refractivity contribution in [3.63, 3.8) is 0 Å². The molecule has 3 N–H and O–H groups in total.